The van der Waals surface area contributed by atoms with Crippen LogP contribution in [0.15, 0.2) is 18.2 Å². The smallest absolute Gasteiger partial charge is 0.251 e. The molecule has 0 aromatic heterocycles. The van der Waals surface area contributed by atoms with Gasteiger partial charge in [-0.15, -0.1) is 0 Å². The lowest BCUT2D eigenvalue weighted by molar-refractivity contribution is -0.124. The van der Waals surface area contributed by atoms with Crippen LogP contribution in [0.25, 0.3) is 0 Å². The van der Waals surface area contributed by atoms with Crippen LogP contribution < -0.4 is 4.90 Å². The molecule has 0 unspecified atom stereocenters. The summed E-state index contributed by atoms with van der Waals surface area (Å²) >= 11 is 6.05. The molecule has 2 amide bonds. The van der Waals surface area contributed by atoms with Crippen molar-refractivity contribution in [1.82, 2.24) is 4.90 Å². The minimum Gasteiger partial charge on any atom is -0.396 e. The molecule has 0 spiro atoms. The molecule has 0 saturated carbocycles. The molecule has 2 heterocycles. The van der Waals surface area contributed by atoms with E-state index in [4.69, 9.17) is 11.6 Å². The predicted molar refractivity (Wildman–Crippen MR) is 93.1 cm³/mol. The predicted octanol–water partition coefficient (Wildman–Crippen LogP) is 2.52. The van der Waals surface area contributed by atoms with Crippen molar-refractivity contribution in [2.24, 2.45) is 0 Å². The fourth-order valence-corrected chi connectivity index (χ4v) is 4.01. The Hall–Kier alpha value is -1.43. The number of nitrogens with zero attached hydrogens (tertiary/aromatic N) is 2. The zero-order valence-electron chi connectivity index (χ0n) is 13.9. The first-order chi connectivity index (χ1) is 11.5. The van der Waals surface area contributed by atoms with E-state index in [9.17, 15) is 14.7 Å². The highest BCUT2D eigenvalue weighted by atomic mass is 35.5. The van der Waals surface area contributed by atoms with Crippen LogP contribution in [0.4, 0.5) is 5.69 Å². The van der Waals surface area contributed by atoms with Crippen LogP contribution in [0.2, 0.25) is 5.02 Å². The summed E-state index contributed by atoms with van der Waals surface area (Å²) in [5.41, 5.74) is 1.43. The molecule has 0 bridgehead atoms. The second kappa shape index (κ2) is 7.21. The number of carbonyl (C=O) groups is 2. The number of amides is 2. The average molecular weight is 351 g/mol. The number of rotatable bonds is 4. The molecule has 24 heavy (non-hydrogen) atoms. The van der Waals surface area contributed by atoms with Gasteiger partial charge in [-0.3, -0.25) is 14.5 Å². The van der Waals surface area contributed by atoms with Gasteiger partial charge in [-0.1, -0.05) is 24.1 Å². The van der Waals surface area contributed by atoms with Gasteiger partial charge in [0.15, 0.2) is 0 Å². The highest BCUT2D eigenvalue weighted by Gasteiger charge is 2.45. The van der Waals surface area contributed by atoms with Crippen molar-refractivity contribution in [3.05, 3.63) is 28.8 Å². The van der Waals surface area contributed by atoms with E-state index >= 15 is 0 Å². The molecule has 2 aliphatic rings. The number of anilines is 1. The summed E-state index contributed by atoms with van der Waals surface area (Å²) in [6, 6.07) is 5.00. The SMILES string of the molecule is Cc1ccc(Cl)cc1N1C(=O)C[C@H](N2CCCC[C@H]2CCO)C1=O. The van der Waals surface area contributed by atoms with Crippen molar-refractivity contribution >= 4 is 29.1 Å². The number of hydrogen-bond donors (Lipinski definition) is 1. The normalized spacial score (nSPS) is 25.5. The van der Waals surface area contributed by atoms with Gasteiger partial charge in [0.05, 0.1) is 18.2 Å². The second-order valence-corrected chi connectivity index (χ2v) is 7.05. The third-order valence-corrected chi connectivity index (χ3v) is 5.31. The number of benzene rings is 1. The monoisotopic (exact) mass is 350 g/mol. The fraction of sp³-hybridized carbons (Fsp3) is 0.556. The summed E-state index contributed by atoms with van der Waals surface area (Å²) in [5, 5.41) is 9.80. The first-order valence-corrected chi connectivity index (χ1v) is 8.90. The van der Waals surface area contributed by atoms with Crippen LogP contribution in [-0.2, 0) is 9.59 Å². The Morgan fingerprint density at radius 2 is 2.08 bits per heavy atom. The third kappa shape index (κ3) is 3.21. The minimum absolute atomic E-state index is 0.104. The number of aliphatic hydroxyl groups excluding tert-OH is 1. The first kappa shape index (κ1) is 17.4. The van der Waals surface area contributed by atoms with Crippen molar-refractivity contribution in [2.45, 2.75) is 51.1 Å². The van der Waals surface area contributed by atoms with E-state index in [1.807, 2.05) is 13.0 Å². The summed E-state index contributed by atoms with van der Waals surface area (Å²) in [6.45, 7) is 2.78. The van der Waals surface area contributed by atoms with Gasteiger partial charge >= 0.3 is 0 Å². The number of hydrogen-bond acceptors (Lipinski definition) is 4. The minimum atomic E-state index is -0.423. The Bertz CT molecular complexity index is 647. The first-order valence-electron chi connectivity index (χ1n) is 8.52. The molecule has 1 aromatic rings. The molecule has 1 aromatic carbocycles. The van der Waals surface area contributed by atoms with Crippen molar-refractivity contribution in [3.63, 3.8) is 0 Å². The molecule has 0 radical (unpaired) electrons. The Morgan fingerprint density at radius 1 is 1.29 bits per heavy atom. The van der Waals surface area contributed by atoms with Crippen molar-refractivity contribution in [2.75, 3.05) is 18.1 Å². The fourth-order valence-electron chi connectivity index (χ4n) is 3.84. The number of imide groups is 1. The number of likely N-dealkylation sites (tertiary alicyclic amines) is 1. The molecule has 6 heteroatoms. The lowest BCUT2D eigenvalue weighted by Gasteiger charge is -2.38. The topological polar surface area (TPSA) is 60.9 Å². The lowest BCUT2D eigenvalue weighted by atomic mass is 9.97. The van der Waals surface area contributed by atoms with Crippen LogP contribution in [-0.4, -0.2) is 47.1 Å². The van der Waals surface area contributed by atoms with Crippen LogP contribution in [0.5, 0.6) is 0 Å². The molecule has 0 aliphatic carbocycles. The number of aliphatic hydroxyl groups is 1. The maximum atomic E-state index is 13.0. The molecule has 5 nitrogen and oxygen atoms in total. The largest absolute Gasteiger partial charge is 0.396 e. The second-order valence-electron chi connectivity index (χ2n) is 6.62. The Kier molecular flexibility index (Phi) is 5.23. The molecule has 2 aliphatic heterocycles. The summed E-state index contributed by atoms with van der Waals surface area (Å²) in [5.74, 6) is -0.348. The maximum Gasteiger partial charge on any atom is 0.251 e. The number of carbonyl (C=O) groups excluding carboxylic acids is 2. The van der Waals surface area contributed by atoms with Gasteiger partial charge in [0.2, 0.25) is 5.91 Å². The van der Waals surface area contributed by atoms with Gasteiger partial charge in [0.1, 0.15) is 0 Å². The van der Waals surface area contributed by atoms with E-state index in [0.717, 1.165) is 31.4 Å². The third-order valence-electron chi connectivity index (χ3n) is 5.07. The molecule has 130 valence electrons. The van der Waals surface area contributed by atoms with Crippen molar-refractivity contribution in [3.8, 4) is 0 Å². The van der Waals surface area contributed by atoms with Crippen molar-refractivity contribution < 1.29 is 14.7 Å². The van der Waals surface area contributed by atoms with Gasteiger partial charge in [-0.2, -0.15) is 0 Å². The molecule has 1 N–H and O–H groups in total. The van der Waals surface area contributed by atoms with E-state index in [1.165, 1.54) is 4.90 Å². The summed E-state index contributed by atoms with van der Waals surface area (Å²) in [6.07, 6.45) is 3.94. The van der Waals surface area contributed by atoms with E-state index in [-0.39, 0.29) is 30.9 Å². The van der Waals surface area contributed by atoms with Crippen LogP contribution in [0.3, 0.4) is 0 Å². The molecule has 2 atom stereocenters. The highest BCUT2D eigenvalue weighted by molar-refractivity contribution is 6.31. The highest BCUT2D eigenvalue weighted by Crippen LogP contribution is 2.33. The number of aryl methyl sites for hydroxylation is 1. The van der Waals surface area contributed by atoms with Gasteiger partial charge in [0.25, 0.3) is 5.91 Å². The van der Waals surface area contributed by atoms with Gasteiger partial charge in [-0.25, -0.2) is 4.90 Å². The van der Waals surface area contributed by atoms with Crippen LogP contribution in [0, 0.1) is 6.92 Å². The Balaban J connectivity index is 1.87. The summed E-state index contributed by atoms with van der Waals surface area (Å²) < 4.78 is 0. The zero-order chi connectivity index (χ0) is 17.3. The summed E-state index contributed by atoms with van der Waals surface area (Å²) in [4.78, 5) is 29.0. The van der Waals surface area contributed by atoms with Crippen LogP contribution >= 0.6 is 11.6 Å². The molecule has 3 rings (SSSR count). The van der Waals surface area contributed by atoms with Gasteiger partial charge < -0.3 is 5.11 Å². The maximum absolute atomic E-state index is 13.0. The van der Waals surface area contributed by atoms with E-state index in [2.05, 4.69) is 4.90 Å². The van der Waals surface area contributed by atoms with E-state index in [1.54, 1.807) is 12.1 Å². The lowest BCUT2D eigenvalue weighted by Crippen LogP contribution is -2.50. The van der Waals surface area contributed by atoms with Gasteiger partial charge in [0, 0.05) is 17.7 Å². The molecular weight excluding hydrogens is 328 g/mol. The van der Waals surface area contributed by atoms with Gasteiger partial charge in [-0.05, 0) is 50.4 Å². The molecular formula is C18H23ClN2O3. The van der Waals surface area contributed by atoms with E-state index in [0.29, 0.717) is 17.1 Å². The number of piperidine rings is 1. The van der Waals surface area contributed by atoms with E-state index < -0.39 is 6.04 Å². The molecule has 2 saturated heterocycles. The zero-order valence-corrected chi connectivity index (χ0v) is 14.6. The standard InChI is InChI=1S/C18H23ClN2O3/c1-12-5-6-13(19)10-15(12)21-17(23)11-16(18(21)24)20-8-3-2-4-14(20)7-9-22/h5-6,10,14,16,22H,2-4,7-9,11H2,1H3/t14-,16-/m0/s1. The number of halogens is 1. The Morgan fingerprint density at radius 3 is 2.83 bits per heavy atom. The van der Waals surface area contributed by atoms with Crippen LogP contribution in [0.1, 0.15) is 37.7 Å². The average Bonchev–Trinajstić information content (AvgIpc) is 2.85. The quantitative estimate of drug-likeness (QED) is 0.848. The molecule has 2 fully saturated rings. The summed E-state index contributed by atoms with van der Waals surface area (Å²) in [7, 11) is 0. The van der Waals surface area contributed by atoms with Crippen molar-refractivity contribution in [1.29, 1.82) is 0 Å². The Labute approximate surface area is 147 Å².